The summed E-state index contributed by atoms with van der Waals surface area (Å²) >= 11 is 0. The van der Waals surface area contributed by atoms with Gasteiger partial charge in [-0.05, 0) is 80.6 Å². The van der Waals surface area contributed by atoms with Gasteiger partial charge in [-0.15, -0.1) is 6.42 Å². The number of carbonyl (C=O) groups is 3. The highest BCUT2D eigenvalue weighted by Gasteiger charge is 2.68. The predicted octanol–water partition coefficient (Wildman–Crippen LogP) is 4.27. The first kappa shape index (κ1) is 20.4. The van der Waals surface area contributed by atoms with E-state index in [0.717, 1.165) is 32.1 Å². The molecule has 1 unspecified atom stereocenters. The number of ketones is 2. The Balaban J connectivity index is 1.73. The summed E-state index contributed by atoms with van der Waals surface area (Å²) in [4.78, 5) is 37.0. The second kappa shape index (κ2) is 6.56. The van der Waals surface area contributed by atoms with Crippen LogP contribution in [0.15, 0.2) is 11.6 Å². The largest absolute Gasteiger partial charge is 0.441 e. The van der Waals surface area contributed by atoms with Crippen LogP contribution in [0.3, 0.4) is 0 Å². The summed E-state index contributed by atoms with van der Waals surface area (Å²) in [7, 11) is 0. The third-order valence-corrected chi connectivity index (χ3v) is 9.35. The van der Waals surface area contributed by atoms with E-state index < -0.39 is 11.6 Å². The molecule has 4 nitrogen and oxygen atoms in total. The van der Waals surface area contributed by atoms with E-state index in [1.54, 1.807) is 6.92 Å². The Morgan fingerprint density at radius 1 is 1.17 bits per heavy atom. The number of esters is 1. The van der Waals surface area contributed by atoms with Crippen molar-refractivity contribution in [1.29, 1.82) is 0 Å². The predicted molar refractivity (Wildman–Crippen MR) is 110 cm³/mol. The first-order valence-corrected chi connectivity index (χ1v) is 11.0. The maximum absolute atomic E-state index is 12.8. The summed E-state index contributed by atoms with van der Waals surface area (Å²) in [5, 5.41) is 0. The molecule has 0 N–H and O–H groups in total. The van der Waals surface area contributed by atoms with E-state index >= 15 is 0 Å². The monoisotopic (exact) mass is 396 g/mol. The van der Waals surface area contributed by atoms with Crippen LogP contribution in [-0.4, -0.2) is 23.1 Å². The number of allylic oxidation sites excluding steroid dienone is 1. The summed E-state index contributed by atoms with van der Waals surface area (Å²) in [5.74, 6) is 3.18. The summed E-state index contributed by atoms with van der Waals surface area (Å²) in [5.41, 5.74) is -0.0780. The van der Waals surface area contributed by atoms with E-state index in [0.29, 0.717) is 36.5 Å². The SMILES string of the molecule is C#CC(=O)OC1(C(C)=O)CC[C@H]2[C@@H]3C[C@H](C)C4=CC(=O)CC[C@]4(C)[C@H]3CC[C@@]21C. The summed E-state index contributed by atoms with van der Waals surface area (Å²) < 4.78 is 5.75. The minimum atomic E-state index is -1.10. The van der Waals surface area contributed by atoms with Gasteiger partial charge in [-0.25, -0.2) is 4.79 Å². The van der Waals surface area contributed by atoms with Crippen LogP contribution in [0.2, 0.25) is 0 Å². The van der Waals surface area contributed by atoms with Gasteiger partial charge in [0.1, 0.15) is 0 Å². The van der Waals surface area contributed by atoms with Gasteiger partial charge in [0.2, 0.25) is 0 Å². The fourth-order valence-electron chi connectivity index (χ4n) is 7.99. The molecule has 0 amide bonds. The lowest BCUT2D eigenvalue weighted by atomic mass is 9.44. The highest BCUT2D eigenvalue weighted by molar-refractivity contribution is 5.94. The van der Waals surface area contributed by atoms with Gasteiger partial charge in [-0.3, -0.25) is 9.59 Å². The normalized spacial score (nSPS) is 45.9. The standard InChI is InChI=1S/C25H32O4/c1-6-22(28)29-25(16(3)26)12-9-20-18-13-15(2)21-14-17(27)7-10-23(21,4)19(18)8-11-24(20,25)5/h1,14-15,18-20H,7-13H2,2-5H3/t15-,18+,19-,20-,23+,24-,25?/m0/s1. The molecule has 4 heteroatoms. The van der Waals surface area contributed by atoms with Crippen molar-refractivity contribution in [2.45, 2.75) is 78.2 Å². The topological polar surface area (TPSA) is 60.4 Å². The average Bonchev–Trinajstić information content (AvgIpc) is 2.97. The van der Waals surface area contributed by atoms with Crippen LogP contribution in [-0.2, 0) is 19.1 Å². The summed E-state index contributed by atoms with van der Waals surface area (Å²) in [6.07, 6.45) is 13.1. The summed E-state index contributed by atoms with van der Waals surface area (Å²) in [6, 6.07) is 0. The molecule has 156 valence electrons. The molecule has 29 heavy (non-hydrogen) atoms. The van der Waals surface area contributed by atoms with Crippen molar-refractivity contribution >= 4 is 17.5 Å². The van der Waals surface area contributed by atoms with Gasteiger partial charge in [0.15, 0.2) is 17.2 Å². The van der Waals surface area contributed by atoms with Gasteiger partial charge in [0.25, 0.3) is 0 Å². The number of ether oxygens (including phenoxy) is 1. The minimum Gasteiger partial charge on any atom is -0.441 e. The number of rotatable bonds is 2. The van der Waals surface area contributed by atoms with Crippen molar-refractivity contribution in [2.24, 2.45) is 34.5 Å². The van der Waals surface area contributed by atoms with Crippen molar-refractivity contribution in [3.8, 4) is 12.3 Å². The van der Waals surface area contributed by atoms with Crippen molar-refractivity contribution in [3.05, 3.63) is 11.6 Å². The Morgan fingerprint density at radius 2 is 1.86 bits per heavy atom. The van der Waals surface area contributed by atoms with E-state index in [9.17, 15) is 14.4 Å². The molecule has 4 aliphatic rings. The quantitative estimate of drug-likeness (QED) is 0.397. The van der Waals surface area contributed by atoms with E-state index in [-0.39, 0.29) is 22.4 Å². The van der Waals surface area contributed by atoms with Crippen LogP contribution >= 0.6 is 0 Å². The number of hydrogen-bond acceptors (Lipinski definition) is 4. The molecule has 0 aromatic rings. The smallest absolute Gasteiger partial charge is 0.385 e. The van der Waals surface area contributed by atoms with Crippen LogP contribution in [0, 0.1) is 46.8 Å². The van der Waals surface area contributed by atoms with E-state index in [1.165, 1.54) is 5.57 Å². The second-order valence-corrected chi connectivity index (χ2v) is 10.4. The molecule has 0 spiro atoms. The van der Waals surface area contributed by atoms with Gasteiger partial charge in [0, 0.05) is 17.8 Å². The third kappa shape index (κ3) is 2.62. The minimum absolute atomic E-state index is 0.0640. The van der Waals surface area contributed by atoms with Gasteiger partial charge >= 0.3 is 5.97 Å². The first-order valence-electron chi connectivity index (χ1n) is 11.0. The Hall–Kier alpha value is -1.89. The molecule has 7 atom stereocenters. The summed E-state index contributed by atoms with van der Waals surface area (Å²) in [6.45, 7) is 8.29. The first-order chi connectivity index (χ1) is 13.6. The maximum atomic E-state index is 12.8. The van der Waals surface area contributed by atoms with Crippen molar-refractivity contribution in [2.75, 3.05) is 0 Å². The van der Waals surface area contributed by atoms with Gasteiger partial charge in [0.05, 0.1) is 0 Å². The zero-order valence-electron chi connectivity index (χ0n) is 18.0. The Labute approximate surface area is 173 Å². The Bertz CT molecular complexity index is 847. The van der Waals surface area contributed by atoms with Crippen LogP contribution < -0.4 is 0 Å². The Morgan fingerprint density at radius 3 is 2.52 bits per heavy atom. The second-order valence-electron chi connectivity index (χ2n) is 10.4. The Kier molecular flexibility index (Phi) is 4.61. The lowest BCUT2D eigenvalue weighted by Gasteiger charge is -2.60. The van der Waals surface area contributed by atoms with E-state index in [4.69, 9.17) is 11.2 Å². The van der Waals surface area contributed by atoms with Crippen LogP contribution in [0.25, 0.3) is 0 Å². The van der Waals surface area contributed by atoms with Crippen molar-refractivity contribution in [1.82, 2.24) is 0 Å². The molecular formula is C25H32O4. The molecule has 0 radical (unpaired) electrons. The molecule has 0 heterocycles. The number of terminal acetylenes is 1. The van der Waals surface area contributed by atoms with Crippen LogP contribution in [0.5, 0.6) is 0 Å². The van der Waals surface area contributed by atoms with Crippen LogP contribution in [0.1, 0.15) is 72.6 Å². The molecule has 3 saturated carbocycles. The van der Waals surface area contributed by atoms with Gasteiger partial charge < -0.3 is 4.74 Å². The highest BCUT2D eigenvalue weighted by atomic mass is 16.6. The van der Waals surface area contributed by atoms with Crippen molar-refractivity contribution < 1.29 is 19.1 Å². The molecular weight excluding hydrogens is 364 g/mol. The number of hydrogen-bond donors (Lipinski definition) is 0. The molecule has 0 aromatic heterocycles. The number of carbonyl (C=O) groups excluding carboxylic acids is 3. The van der Waals surface area contributed by atoms with Gasteiger partial charge in [-0.1, -0.05) is 26.3 Å². The fraction of sp³-hybridized carbons (Fsp3) is 0.720. The molecule has 4 rings (SSSR count). The molecule has 0 saturated heterocycles. The van der Waals surface area contributed by atoms with E-state index in [1.807, 2.05) is 12.0 Å². The van der Waals surface area contributed by atoms with Gasteiger partial charge in [-0.2, -0.15) is 0 Å². The molecule has 0 aromatic carbocycles. The van der Waals surface area contributed by atoms with E-state index in [2.05, 4.69) is 20.8 Å². The third-order valence-electron chi connectivity index (χ3n) is 9.35. The number of fused-ring (bicyclic) bond motifs is 5. The number of Topliss-reactive ketones (excluding diaryl/α,β-unsaturated/α-hetero) is 1. The lowest BCUT2D eigenvalue weighted by molar-refractivity contribution is -0.184. The van der Waals surface area contributed by atoms with Crippen molar-refractivity contribution in [3.63, 3.8) is 0 Å². The fourth-order valence-corrected chi connectivity index (χ4v) is 7.99. The zero-order valence-corrected chi connectivity index (χ0v) is 18.0. The average molecular weight is 397 g/mol. The molecule has 0 bridgehead atoms. The molecule has 0 aliphatic heterocycles. The lowest BCUT2D eigenvalue weighted by Crippen LogP contribution is -2.59. The van der Waals surface area contributed by atoms with Crippen LogP contribution in [0.4, 0.5) is 0 Å². The molecule has 3 fully saturated rings. The molecule has 4 aliphatic carbocycles. The highest BCUT2D eigenvalue weighted by Crippen LogP contribution is 2.69. The zero-order chi connectivity index (χ0) is 21.2. The maximum Gasteiger partial charge on any atom is 0.385 e.